The molecule has 1 fully saturated rings. The molecule has 1 aliphatic rings. The summed E-state index contributed by atoms with van der Waals surface area (Å²) in [5.74, 6) is -1.57. The van der Waals surface area contributed by atoms with Crippen molar-refractivity contribution in [2.24, 2.45) is 0 Å². The number of phenols is 1. The molecule has 1 atom stereocenters. The zero-order valence-corrected chi connectivity index (χ0v) is 18.3. The van der Waals surface area contributed by atoms with Crippen LogP contribution in [0.25, 0.3) is 5.76 Å². The minimum absolute atomic E-state index is 0.0307. The molecule has 0 aromatic heterocycles. The number of hydrogen-bond acceptors (Lipinski definition) is 4. The molecule has 1 amide bonds. The molecular weight excluding hydrogens is 402 g/mol. The number of benzene rings is 3. The summed E-state index contributed by atoms with van der Waals surface area (Å²) in [5.41, 5.74) is 4.87. The molecule has 0 saturated carbocycles. The number of aliphatic hydroxyl groups excluding tert-OH is 1. The van der Waals surface area contributed by atoms with Gasteiger partial charge in [-0.05, 0) is 66.8 Å². The van der Waals surface area contributed by atoms with E-state index in [9.17, 15) is 19.8 Å². The van der Waals surface area contributed by atoms with Crippen LogP contribution < -0.4 is 4.90 Å². The zero-order chi connectivity index (χ0) is 23.0. The molecule has 1 aliphatic heterocycles. The van der Waals surface area contributed by atoms with Crippen molar-refractivity contribution in [2.45, 2.75) is 33.2 Å². The molecule has 5 heteroatoms. The summed E-state index contributed by atoms with van der Waals surface area (Å²) in [7, 11) is 0. The number of amides is 1. The van der Waals surface area contributed by atoms with Gasteiger partial charge in [-0.15, -0.1) is 0 Å². The predicted molar refractivity (Wildman–Crippen MR) is 125 cm³/mol. The van der Waals surface area contributed by atoms with E-state index in [-0.39, 0.29) is 17.1 Å². The lowest BCUT2D eigenvalue weighted by Crippen LogP contribution is -2.29. The number of nitrogens with zero attached hydrogens (tertiary/aromatic N) is 1. The average molecular weight is 428 g/mol. The third-order valence-electron chi connectivity index (χ3n) is 6.06. The first-order chi connectivity index (χ1) is 15.3. The third kappa shape index (κ3) is 3.66. The molecule has 0 bridgehead atoms. The van der Waals surface area contributed by atoms with Crippen molar-refractivity contribution in [1.82, 2.24) is 0 Å². The fourth-order valence-corrected chi connectivity index (χ4v) is 4.00. The number of Topliss-reactive ketones (excluding diaryl/α,β-unsaturated/α-hetero) is 1. The Hall–Kier alpha value is -3.86. The number of hydrogen-bond donors (Lipinski definition) is 2. The second-order valence-electron chi connectivity index (χ2n) is 8.08. The summed E-state index contributed by atoms with van der Waals surface area (Å²) in [6.45, 7) is 5.96. The smallest absolute Gasteiger partial charge is 0.300 e. The van der Waals surface area contributed by atoms with Crippen molar-refractivity contribution in [2.75, 3.05) is 4.90 Å². The molecule has 3 aromatic carbocycles. The third-order valence-corrected chi connectivity index (χ3v) is 6.06. The zero-order valence-electron chi connectivity index (χ0n) is 18.3. The van der Waals surface area contributed by atoms with Crippen molar-refractivity contribution in [3.63, 3.8) is 0 Å². The van der Waals surface area contributed by atoms with E-state index >= 15 is 0 Å². The van der Waals surface area contributed by atoms with Gasteiger partial charge in [0.1, 0.15) is 11.5 Å². The van der Waals surface area contributed by atoms with Crippen LogP contribution in [0.3, 0.4) is 0 Å². The largest absolute Gasteiger partial charge is 0.508 e. The molecule has 0 spiro atoms. The number of carbonyl (C=O) groups is 2. The number of anilines is 1. The predicted octanol–water partition coefficient (Wildman–Crippen LogP) is 5.20. The van der Waals surface area contributed by atoms with Gasteiger partial charge in [0, 0.05) is 11.3 Å². The van der Waals surface area contributed by atoms with Crippen molar-refractivity contribution >= 4 is 23.1 Å². The molecule has 1 heterocycles. The maximum absolute atomic E-state index is 13.2. The highest BCUT2D eigenvalue weighted by molar-refractivity contribution is 6.51. The van der Waals surface area contributed by atoms with E-state index in [4.69, 9.17) is 0 Å². The lowest BCUT2D eigenvalue weighted by molar-refractivity contribution is -0.132. The number of ketones is 1. The van der Waals surface area contributed by atoms with Crippen LogP contribution in [0.1, 0.15) is 40.8 Å². The average Bonchev–Trinajstić information content (AvgIpc) is 3.06. The molecule has 32 heavy (non-hydrogen) atoms. The summed E-state index contributed by atoms with van der Waals surface area (Å²) in [6, 6.07) is 18.4. The first kappa shape index (κ1) is 21.4. The van der Waals surface area contributed by atoms with Crippen LogP contribution >= 0.6 is 0 Å². The summed E-state index contributed by atoms with van der Waals surface area (Å²) in [6.07, 6.45) is 0.853. The highest BCUT2D eigenvalue weighted by Crippen LogP contribution is 2.42. The highest BCUT2D eigenvalue weighted by atomic mass is 16.3. The lowest BCUT2D eigenvalue weighted by atomic mass is 9.94. The second-order valence-corrected chi connectivity index (χ2v) is 8.08. The van der Waals surface area contributed by atoms with Crippen molar-refractivity contribution in [3.05, 3.63) is 100 Å². The number of phenolic OH excluding ortho intramolecular Hbond substituents is 1. The van der Waals surface area contributed by atoms with Gasteiger partial charge in [0.05, 0.1) is 11.6 Å². The van der Waals surface area contributed by atoms with E-state index in [2.05, 4.69) is 0 Å². The standard InChI is InChI=1S/C27H25NO4/c1-4-18-6-8-20(9-7-18)25(30)23-24(19-10-13-22(29)14-11-19)28(27(32)26(23)31)21-12-5-16(2)17(3)15-21/h5-15,24,29-30H,4H2,1-3H3/b25-23+. The Labute approximate surface area is 187 Å². The van der Waals surface area contributed by atoms with Gasteiger partial charge in [-0.1, -0.05) is 49.4 Å². The normalized spacial score (nSPS) is 17.7. The maximum atomic E-state index is 13.2. The molecule has 4 rings (SSSR count). The van der Waals surface area contributed by atoms with Gasteiger partial charge in [-0.25, -0.2) is 0 Å². The van der Waals surface area contributed by atoms with E-state index in [1.165, 1.54) is 17.0 Å². The van der Waals surface area contributed by atoms with Gasteiger partial charge in [0.2, 0.25) is 0 Å². The van der Waals surface area contributed by atoms with Gasteiger partial charge in [-0.3, -0.25) is 14.5 Å². The summed E-state index contributed by atoms with van der Waals surface area (Å²) >= 11 is 0. The van der Waals surface area contributed by atoms with Crippen molar-refractivity contribution in [3.8, 4) is 5.75 Å². The van der Waals surface area contributed by atoms with Gasteiger partial charge < -0.3 is 10.2 Å². The fraction of sp³-hybridized carbons (Fsp3) is 0.185. The van der Waals surface area contributed by atoms with Crippen molar-refractivity contribution in [1.29, 1.82) is 0 Å². The van der Waals surface area contributed by atoms with E-state index in [1.54, 1.807) is 30.3 Å². The Morgan fingerprint density at radius 1 is 0.906 bits per heavy atom. The summed E-state index contributed by atoms with van der Waals surface area (Å²) < 4.78 is 0. The number of rotatable bonds is 4. The molecule has 0 aliphatic carbocycles. The minimum atomic E-state index is -0.816. The quantitative estimate of drug-likeness (QED) is 0.341. The topological polar surface area (TPSA) is 77.8 Å². The molecular formula is C27H25NO4. The maximum Gasteiger partial charge on any atom is 0.300 e. The Bertz CT molecular complexity index is 1220. The minimum Gasteiger partial charge on any atom is -0.508 e. The monoisotopic (exact) mass is 427 g/mol. The van der Waals surface area contributed by atoms with Crippen LogP contribution in [0.15, 0.2) is 72.3 Å². The Morgan fingerprint density at radius 2 is 1.56 bits per heavy atom. The Morgan fingerprint density at radius 3 is 2.16 bits per heavy atom. The van der Waals surface area contributed by atoms with Crippen LogP contribution in [0.4, 0.5) is 5.69 Å². The second kappa shape index (κ2) is 8.35. The first-order valence-electron chi connectivity index (χ1n) is 10.6. The van der Waals surface area contributed by atoms with Gasteiger partial charge in [-0.2, -0.15) is 0 Å². The van der Waals surface area contributed by atoms with Crippen LogP contribution in [-0.4, -0.2) is 21.9 Å². The first-order valence-corrected chi connectivity index (χ1v) is 10.6. The van der Waals surface area contributed by atoms with Crippen LogP contribution in [0.5, 0.6) is 5.75 Å². The number of carbonyl (C=O) groups excluding carboxylic acids is 2. The molecule has 3 aromatic rings. The van der Waals surface area contributed by atoms with E-state index in [0.717, 1.165) is 23.1 Å². The van der Waals surface area contributed by atoms with Crippen LogP contribution in [0.2, 0.25) is 0 Å². The molecule has 5 nitrogen and oxygen atoms in total. The lowest BCUT2D eigenvalue weighted by Gasteiger charge is -2.26. The van der Waals surface area contributed by atoms with Gasteiger partial charge >= 0.3 is 0 Å². The van der Waals surface area contributed by atoms with Crippen molar-refractivity contribution < 1.29 is 19.8 Å². The molecule has 1 saturated heterocycles. The molecule has 2 N–H and O–H groups in total. The van der Waals surface area contributed by atoms with E-state index in [0.29, 0.717) is 16.8 Å². The van der Waals surface area contributed by atoms with Gasteiger partial charge in [0.25, 0.3) is 11.7 Å². The number of aryl methyl sites for hydroxylation is 3. The Balaban J connectivity index is 1.92. The van der Waals surface area contributed by atoms with Crippen LogP contribution in [0, 0.1) is 13.8 Å². The highest BCUT2D eigenvalue weighted by Gasteiger charge is 2.47. The SMILES string of the molecule is CCc1ccc(/C(O)=C2\C(=O)C(=O)N(c3ccc(C)c(C)c3)C2c2ccc(O)cc2)cc1. The van der Waals surface area contributed by atoms with E-state index < -0.39 is 17.7 Å². The summed E-state index contributed by atoms with van der Waals surface area (Å²) in [4.78, 5) is 27.8. The number of aliphatic hydroxyl groups is 1. The number of aromatic hydroxyl groups is 1. The molecule has 0 radical (unpaired) electrons. The Kier molecular flexibility index (Phi) is 5.57. The summed E-state index contributed by atoms with van der Waals surface area (Å²) in [5, 5.41) is 20.9. The molecule has 162 valence electrons. The van der Waals surface area contributed by atoms with Crippen LogP contribution in [-0.2, 0) is 16.0 Å². The fourth-order valence-electron chi connectivity index (χ4n) is 4.00. The van der Waals surface area contributed by atoms with Gasteiger partial charge in [0.15, 0.2) is 0 Å². The molecule has 1 unspecified atom stereocenters. The van der Waals surface area contributed by atoms with E-state index in [1.807, 2.05) is 45.0 Å².